The van der Waals surface area contributed by atoms with Gasteiger partial charge in [0.2, 0.25) is 5.91 Å². The normalized spacial score (nSPS) is 16.1. The van der Waals surface area contributed by atoms with Gasteiger partial charge in [0.25, 0.3) is 0 Å². The monoisotopic (exact) mass is 284 g/mol. The van der Waals surface area contributed by atoms with Crippen LogP contribution in [0.4, 0.5) is 14.5 Å². The molecule has 2 rings (SSSR count). The van der Waals surface area contributed by atoms with Gasteiger partial charge < -0.3 is 15.4 Å². The molecular formula is C14H18F2N2O2. The van der Waals surface area contributed by atoms with Gasteiger partial charge >= 0.3 is 0 Å². The van der Waals surface area contributed by atoms with E-state index in [4.69, 9.17) is 4.74 Å². The molecule has 0 atom stereocenters. The van der Waals surface area contributed by atoms with Crippen LogP contribution in [0, 0.1) is 11.6 Å². The number of carbonyl (C=O) groups is 1. The van der Waals surface area contributed by atoms with Crippen LogP contribution in [-0.2, 0) is 9.53 Å². The lowest BCUT2D eigenvalue weighted by Gasteiger charge is -2.22. The van der Waals surface area contributed by atoms with Gasteiger partial charge in [-0.3, -0.25) is 4.79 Å². The standard InChI is InChI=1S/C14H18F2N2O2/c15-10-1-2-12(16)13(9-10)18-14(19)5-8-20-11-3-6-17-7-4-11/h1-2,9,11,17H,3-8H2,(H,18,19). The number of benzene rings is 1. The van der Waals surface area contributed by atoms with Crippen LogP contribution in [0.5, 0.6) is 0 Å². The number of nitrogens with one attached hydrogen (secondary N) is 2. The molecule has 6 heteroatoms. The molecule has 1 fully saturated rings. The molecule has 1 saturated heterocycles. The summed E-state index contributed by atoms with van der Waals surface area (Å²) in [5.41, 5.74) is -0.142. The van der Waals surface area contributed by atoms with E-state index in [1.807, 2.05) is 0 Å². The number of piperidine rings is 1. The lowest BCUT2D eigenvalue weighted by Crippen LogP contribution is -2.33. The van der Waals surface area contributed by atoms with Crippen molar-refractivity contribution in [1.82, 2.24) is 5.32 Å². The molecule has 1 aromatic carbocycles. The average molecular weight is 284 g/mol. The molecule has 0 saturated carbocycles. The van der Waals surface area contributed by atoms with E-state index in [1.54, 1.807) is 0 Å². The summed E-state index contributed by atoms with van der Waals surface area (Å²) < 4.78 is 31.8. The minimum absolute atomic E-state index is 0.125. The Morgan fingerprint density at radius 1 is 1.35 bits per heavy atom. The number of rotatable bonds is 5. The zero-order valence-corrected chi connectivity index (χ0v) is 11.1. The fourth-order valence-corrected chi connectivity index (χ4v) is 2.09. The lowest BCUT2D eigenvalue weighted by atomic mass is 10.1. The van der Waals surface area contributed by atoms with Crippen molar-refractivity contribution in [2.75, 3.05) is 25.0 Å². The van der Waals surface area contributed by atoms with Crippen LogP contribution in [-0.4, -0.2) is 31.7 Å². The van der Waals surface area contributed by atoms with Crippen LogP contribution in [0.25, 0.3) is 0 Å². The third-order valence-electron chi connectivity index (χ3n) is 3.17. The highest BCUT2D eigenvalue weighted by molar-refractivity contribution is 5.90. The van der Waals surface area contributed by atoms with Gasteiger partial charge in [-0.2, -0.15) is 0 Å². The van der Waals surface area contributed by atoms with Gasteiger partial charge in [-0.25, -0.2) is 8.78 Å². The zero-order valence-electron chi connectivity index (χ0n) is 11.1. The second kappa shape index (κ2) is 7.31. The molecule has 0 spiro atoms. The summed E-state index contributed by atoms with van der Waals surface area (Å²) >= 11 is 0. The van der Waals surface area contributed by atoms with Crippen molar-refractivity contribution < 1.29 is 18.3 Å². The molecule has 0 bridgehead atoms. The SMILES string of the molecule is O=C(CCOC1CCNCC1)Nc1cc(F)ccc1F. The van der Waals surface area contributed by atoms with Crippen molar-refractivity contribution >= 4 is 11.6 Å². The maximum absolute atomic E-state index is 13.3. The molecule has 1 aliphatic rings. The zero-order chi connectivity index (χ0) is 14.4. The molecule has 0 radical (unpaired) electrons. The first-order valence-electron chi connectivity index (χ1n) is 6.72. The molecule has 1 amide bonds. The largest absolute Gasteiger partial charge is 0.378 e. The van der Waals surface area contributed by atoms with Gasteiger partial charge in [-0.1, -0.05) is 0 Å². The molecule has 1 aliphatic heterocycles. The van der Waals surface area contributed by atoms with Gasteiger partial charge in [0.05, 0.1) is 24.8 Å². The predicted molar refractivity (Wildman–Crippen MR) is 71.4 cm³/mol. The summed E-state index contributed by atoms with van der Waals surface area (Å²) in [4.78, 5) is 11.6. The Morgan fingerprint density at radius 2 is 2.10 bits per heavy atom. The lowest BCUT2D eigenvalue weighted by molar-refractivity contribution is -0.117. The first-order chi connectivity index (χ1) is 9.65. The van der Waals surface area contributed by atoms with Crippen molar-refractivity contribution in [2.24, 2.45) is 0 Å². The highest BCUT2D eigenvalue weighted by atomic mass is 19.1. The summed E-state index contributed by atoms with van der Waals surface area (Å²) in [6, 6.07) is 2.95. The maximum Gasteiger partial charge on any atom is 0.226 e. The van der Waals surface area contributed by atoms with Crippen LogP contribution < -0.4 is 10.6 Å². The third kappa shape index (κ3) is 4.54. The van der Waals surface area contributed by atoms with Crippen molar-refractivity contribution in [3.63, 3.8) is 0 Å². The first kappa shape index (κ1) is 14.9. The number of hydrogen-bond acceptors (Lipinski definition) is 3. The van der Waals surface area contributed by atoms with E-state index in [0.29, 0.717) is 0 Å². The number of ether oxygens (including phenoxy) is 1. The minimum Gasteiger partial charge on any atom is -0.378 e. The second-order valence-corrected chi connectivity index (χ2v) is 4.74. The van der Waals surface area contributed by atoms with Crippen molar-refractivity contribution in [3.05, 3.63) is 29.8 Å². The van der Waals surface area contributed by atoms with E-state index in [-0.39, 0.29) is 30.7 Å². The number of halogens is 2. The Hall–Kier alpha value is -1.53. The fraction of sp³-hybridized carbons (Fsp3) is 0.500. The second-order valence-electron chi connectivity index (χ2n) is 4.74. The number of anilines is 1. The maximum atomic E-state index is 13.3. The topological polar surface area (TPSA) is 50.4 Å². The van der Waals surface area contributed by atoms with Crippen LogP contribution in [0.1, 0.15) is 19.3 Å². The van der Waals surface area contributed by atoms with Gasteiger partial charge in [0.1, 0.15) is 11.6 Å². The van der Waals surface area contributed by atoms with Gasteiger partial charge in [-0.15, -0.1) is 0 Å². The Bertz CT molecular complexity index is 462. The Balaban J connectivity index is 1.73. The van der Waals surface area contributed by atoms with Crippen molar-refractivity contribution in [2.45, 2.75) is 25.4 Å². The number of amides is 1. The van der Waals surface area contributed by atoms with E-state index >= 15 is 0 Å². The van der Waals surface area contributed by atoms with Crippen LogP contribution in [0.15, 0.2) is 18.2 Å². The smallest absolute Gasteiger partial charge is 0.226 e. The molecule has 0 unspecified atom stereocenters. The number of carbonyl (C=O) groups excluding carboxylic acids is 1. The molecule has 20 heavy (non-hydrogen) atoms. The first-order valence-corrected chi connectivity index (χ1v) is 6.72. The third-order valence-corrected chi connectivity index (χ3v) is 3.17. The van der Waals surface area contributed by atoms with Crippen LogP contribution in [0.3, 0.4) is 0 Å². The minimum atomic E-state index is -0.654. The summed E-state index contributed by atoms with van der Waals surface area (Å²) in [5.74, 6) is -1.63. The molecule has 0 aromatic heterocycles. The highest BCUT2D eigenvalue weighted by Crippen LogP contribution is 2.15. The van der Waals surface area contributed by atoms with E-state index < -0.39 is 11.6 Å². The van der Waals surface area contributed by atoms with E-state index in [0.717, 1.165) is 44.1 Å². The molecule has 4 nitrogen and oxygen atoms in total. The van der Waals surface area contributed by atoms with Gasteiger partial charge in [0.15, 0.2) is 0 Å². The molecule has 0 aliphatic carbocycles. The van der Waals surface area contributed by atoms with Crippen molar-refractivity contribution in [3.8, 4) is 0 Å². The van der Waals surface area contributed by atoms with E-state index in [9.17, 15) is 13.6 Å². The summed E-state index contributed by atoms with van der Waals surface area (Å²) in [6.45, 7) is 2.13. The molecule has 2 N–H and O–H groups in total. The molecule has 1 heterocycles. The molecular weight excluding hydrogens is 266 g/mol. The quantitative estimate of drug-likeness (QED) is 0.870. The van der Waals surface area contributed by atoms with Gasteiger partial charge in [-0.05, 0) is 38.1 Å². The Morgan fingerprint density at radius 3 is 2.85 bits per heavy atom. The van der Waals surface area contributed by atoms with Crippen molar-refractivity contribution in [1.29, 1.82) is 0 Å². The predicted octanol–water partition coefficient (Wildman–Crippen LogP) is 2.06. The van der Waals surface area contributed by atoms with Crippen LogP contribution >= 0.6 is 0 Å². The Labute approximate surface area is 116 Å². The number of hydrogen-bond donors (Lipinski definition) is 2. The van der Waals surface area contributed by atoms with E-state index in [1.165, 1.54) is 0 Å². The fourth-order valence-electron chi connectivity index (χ4n) is 2.09. The van der Waals surface area contributed by atoms with E-state index in [2.05, 4.69) is 10.6 Å². The van der Waals surface area contributed by atoms with Gasteiger partial charge in [0, 0.05) is 6.07 Å². The summed E-state index contributed by atoms with van der Waals surface area (Å²) in [7, 11) is 0. The average Bonchev–Trinajstić information content (AvgIpc) is 2.44. The summed E-state index contributed by atoms with van der Waals surface area (Å²) in [5, 5.41) is 5.56. The molecule has 110 valence electrons. The Kier molecular flexibility index (Phi) is 5.43. The van der Waals surface area contributed by atoms with Crippen LogP contribution in [0.2, 0.25) is 0 Å². The highest BCUT2D eigenvalue weighted by Gasteiger charge is 2.14. The summed E-state index contributed by atoms with van der Waals surface area (Å²) in [6.07, 6.45) is 2.16. The molecule has 1 aromatic rings.